The van der Waals surface area contributed by atoms with Crippen molar-refractivity contribution in [2.45, 2.75) is 13.1 Å². The van der Waals surface area contributed by atoms with E-state index in [4.69, 9.17) is 0 Å². The summed E-state index contributed by atoms with van der Waals surface area (Å²) in [6, 6.07) is 11.6. The number of fused-ring (bicyclic) bond motifs is 1. The van der Waals surface area contributed by atoms with Crippen molar-refractivity contribution >= 4 is 16.9 Å². The summed E-state index contributed by atoms with van der Waals surface area (Å²) in [5, 5.41) is 0. The molecule has 0 bridgehead atoms. The zero-order chi connectivity index (χ0) is 18.8. The Morgan fingerprint density at radius 3 is 2.48 bits per heavy atom. The highest BCUT2D eigenvalue weighted by Gasteiger charge is 2.23. The molecule has 1 saturated heterocycles. The summed E-state index contributed by atoms with van der Waals surface area (Å²) < 4.78 is 3.16. The van der Waals surface area contributed by atoms with Crippen molar-refractivity contribution in [2.24, 2.45) is 7.05 Å². The van der Waals surface area contributed by atoms with Gasteiger partial charge in [-0.1, -0.05) is 18.2 Å². The normalized spacial score (nSPS) is 15.4. The van der Waals surface area contributed by atoms with Gasteiger partial charge in [-0.05, 0) is 23.8 Å². The van der Waals surface area contributed by atoms with Crippen molar-refractivity contribution in [3.05, 3.63) is 64.8 Å². The lowest BCUT2D eigenvalue weighted by Gasteiger charge is -2.34. The molecule has 4 rings (SSSR count). The number of nitrogens with zero attached hydrogens (tertiary/aromatic N) is 5. The number of aromatic nitrogens is 3. The molecule has 1 aliphatic rings. The summed E-state index contributed by atoms with van der Waals surface area (Å²) >= 11 is 0. The fraction of sp³-hybridized carbons (Fsp3) is 0.350. The molecule has 0 spiro atoms. The Kier molecular flexibility index (Phi) is 4.77. The van der Waals surface area contributed by atoms with Crippen LogP contribution in [0.1, 0.15) is 5.56 Å². The Bertz CT molecular complexity index is 1000. The van der Waals surface area contributed by atoms with E-state index in [1.54, 1.807) is 22.4 Å². The summed E-state index contributed by atoms with van der Waals surface area (Å²) in [6.45, 7) is 3.94. The number of benzene rings is 1. The molecule has 0 radical (unpaired) electrons. The number of aryl methyl sites for hydroxylation is 1. The van der Waals surface area contributed by atoms with Gasteiger partial charge in [0.15, 0.2) is 0 Å². The van der Waals surface area contributed by atoms with Gasteiger partial charge >= 0.3 is 5.69 Å². The van der Waals surface area contributed by atoms with E-state index >= 15 is 0 Å². The standard InChI is InChI=1S/C20H23N5O2/c1-22-17-6-2-3-7-18(17)25(20(22)27)15-19(26)24-11-9-23(10-12-24)14-16-5-4-8-21-13-16/h2-8,13H,9-12,14-15H2,1H3. The molecule has 7 heteroatoms. The van der Waals surface area contributed by atoms with Crippen molar-refractivity contribution < 1.29 is 4.79 Å². The van der Waals surface area contributed by atoms with Gasteiger partial charge in [-0.3, -0.25) is 23.8 Å². The second-order valence-corrected chi connectivity index (χ2v) is 6.93. The van der Waals surface area contributed by atoms with Crippen LogP contribution in [-0.4, -0.2) is 56.0 Å². The Hall–Kier alpha value is -2.93. The van der Waals surface area contributed by atoms with E-state index in [9.17, 15) is 9.59 Å². The molecule has 0 atom stereocenters. The summed E-state index contributed by atoms with van der Waals surface area (Å²) in [6.07, 6.45) is 3.65. The number of imidazole rings is 1. The maximum atomic E-state index is 12.8. The minimum Gasteiger partial charge on any atom is -0.339 e. The summed E-state index contributed by atoms with van der Waals surface area (Å²) in [5.74, 6) is -0.00511. The maximum Gasteiger partial charge on any atom is 0.329 e. The molecular formula is C20H23N5O2. The highest BCUT2D eigenvalue weighted by atomic mass is 16.2. The monoisotopic (exact) mass is 365 g/mol. The fourth-order valence-corrected chi connectivity index (χ4v) is 3.66. The quantitative estimate of drug-likeness (QED) is 0.694. The first-order valence-corrected chi connectivity index (χ1v) is 9.17. The number of piperazine rings is 1. The highest BCUT2D eigenvalue weighted by Crippen LogP contribution is 2.13. The second-order valence-electron chi connectivity index (χ2n) is 6.93. The van der Waals surface area contributed by atoms with E-state index < -0.39 is 0 Å². The number of rotatable bonds is 4. The van der Waals surface area contributed by atoms with Gasteiger partial charge in [0.1, 0.15) is 6.54 Å². The average Bonchev–Trinajstić information content (AvgIpc) is 2.94. The molecular weight excluding hydrogens is 342 g/mol. The number of amides is 1. The molecule has 3 heterocycles. The van der Waals surface area contributed by atoms with Gasteiger partial charge in [0.2, 0.25) is 5.91 Å². The van der Waals surface area contributed by atoms with Crippen LogP contribution < -0.4 is 5.69 Å². The number of carbonyl (C=O) groups is 1. The number of para-hydroxylation sites is 2. The Morgan fingerprint density at radius 1 is 1.04 bits per heavy atom. The first-order valence-electron chi connectivity index (χ1n) is 9.17. The number of hydrogen-bond acceptors (Lipinski definition) is 4. The molecule has 7 nitrogen and oxygen atoms in total. The lowest BCUT2D eigenvalue weighted by Crippen LogP contribution is -2.49. The SMILES string of the molecule is Cn1c(=O)n(CC(=O)N2CCN(Cc3cccnc3)CC2)c2ccccc21. The van der Waals surface area contributed by atoms with Crippen molar-refractivity contribution in [3.8, 4) is 0 Å². The van der Waals surface area contributed by atoms with Crippen molar-refractivity contribution in [1.29, 1.82) is 0 Å². The zero-order valence-electron chi connectivity index (χ0n) is 15.4. The smallest absolute Gasteiger partial charge is 0.329 e. The van der Waals surface area contributed by atoms with E-state index in [2.05, 4.69) is 16.0 Å². The molecule has 27 heavy (non-hydrogen) atoms. The van der Waals surface area contributed by atoms with E-state index in [0.717, 1.165) is 30.7 Å². The van der Waals surface area contributed by atoms with Crippen molar-refractivity contribution in [1.82, 2.24) is 23.9 Å². The molecule has 0 N–H and O–H groups in total. The lowest BCUT2D eigenvalue weighted by atomic mass is 10.2. The van der Waals surface area contributed by atoms with Gasteiger partial charge in [0, 0.05) is 52.2 Å². The first-order chi connectivity index (χ1) is 13.1. The molecule has 0 saturated carbocycles. The number of pyridine rings is 1. The van der Waals surface area contributed by atoms with E-state index in [1.807, 2.05) is 41.4 Å². The van der Waals surface area contributed by atoms with Gasteiger partial charge in [-0.2, -0.15) is 0 Å². The van der Waals surface area contributed by atoms with Crippen LogP contribution in [0, 0.1) is 0 Å². The van der Waals surface area contributed by atoms with Crippen LogP contribution >= 0.6 is 0 Å². The van der Waals surface area contributed by atoms with Crippen molar-refractivity contribution in [2.75, 3.05) is 26.2 Å². The Morgan fingerprint density at radius 2 is 1.78 bits per heavy atom. The van der Waals surface area contributed by atoms with Gasteiger partial charge in [-0.25, -0.2) is 4.79 Å². The average molecular weight is 365 g/mol. The summed E-state index contributed by atoms with van der Waals surface area (Å²) in [5.41, 5.74) is 2.67. The van der Waals surface area contributed by atoms with Gasteiger partial charge < -0.3 is 4.90 Å². The third-order valence-corrected chi connectivity index (χ3v) is 5.20. The predicted octanol–water partition coefficient (Wildman–Crippen LogP) is 1.08. The molecule has 0 unspecified atom stereocenters. The lowest BCUT2D eigenvalue weighted by molar-refractivity contribution is -0.133. The Labute approximate surface area is 157 Å². The number of hydrogen-bond donors (Lipinski definition) is 0. The van der Waals surface area contributed by atoms with Crippen LogP contribution in [0.15, 0.2) is 53.6 Å². The second kappa shape index (κ2) is 7.36. The van der Waals surface area contributed by atoms with Crippen LogP contribution in [0.25, 0.3) is 11.0 Å². The van der Waals surface area contributed by atoms with Crippen molar-refractivity contribution in [3.63, 3.8) is 0 Å². The minimum atomic E-state index is -0.153. The van der Waals surface area contributed by atoms with E-state index in [0.29, 0.717) is 13.1 Å². The third kappa shape index (κ3) is 3.50. The van der Waals surface area contributed by atoms with Gasteiger partial charge in [0.25, 0.3) is 0 Å². The summed E-state index contributed by atoms with van der Waals surface area (Å²) in [4.78, 5) is 33.6. The molecule has 3 aromatic rings. The molecule has 1 aromatic carbocycles. The molecule has 0 aliphatic carbocycles. The fourth-order valence-electron chi connectivity index (χ4n) is 3.66. The molecule has 1 fully saturated rings. The van der Waals surface area contributed by atoms with Gasteiger partial charge in [0.05, 0.1) is 11.0 Å². The first kappa shape index (κ1) is 17.5. The van der Waals surface area contributed by atoms with Crippen LogP contribution in [0.4, 0.5) is 0 Å². The van der Waals surface area contributed by atoms with E-state index in [-0.39, 0.29) is 18.1 Å². The van der Waals surface area contributed by atoms with Crippen LogP contribution in [0.2, 0.25) is 0 Å². The minimum absolute atomic E-state index is 0.00511. The molecule has 140 valence electrons. The van der Waals surface area contributed by atoms with Crippen LogP contribution in [0.3, 0.4) is 0 Å². The van der Waals surface area contributed by atoms with Gasteiger partial charge in [-0.15, -0.1) is 0 Å². The molecule has 2 aromatic heterocycles. The summed E-state index contributed by atoms with van der Waals surface area (Å²) in [7, 11) is 1.74. The van der Waals surface area contributed by atoms with Crippen LogP contribution in [-0.2, 0) is 24.9 Å². The zero-order valence-corrected chi connectivity index (χ0v) is 15.4. The highest BCUT2D eigenvalue weighted by molar-refractivity contribution is 5.81. The number of carbonyl (C=O) groups excluding carboxylic acids is 1. The Balaban J connectivity index is 1.41. The molecule has 1 aliphatic heterocycles. The molecule has 1 amide bonds. The largest absolute Gasteiger partial charge is 0.339 e. The third-order valence-electron chi connectivity index (χ3n) is 5.20. The van der Waals surface area contributed by atoms with E-state index in [1.165, 1.54) is 5.56 Å². The van der Waals surface area contributed by atoms with Crippen LogP contribution in [0.5, 0.6) is 0 Å². The maximum absolute atomic E-state index is 12.8. The topological polar surface area (TPSA) is 63.4 Å². The predicted molar refractivity (Wildman–Crippen MR) is 103 cm³/mol.